The SMILES string of the molecule is Cc1ccc(Oc2c(Cl)cccc2/C=C/C(=O)O)cn1. The second-order valence-corrected chi connectivity index (χ2v) is 4.47. The number of halogens is 1. The van der Waals surface area contributed by atoms with Crippen molar-refractivity contribution in [1.29, 1.82) is 0 Å². The summed E-state index contributed by atoms with van der Waals surface area (Å²) in [6, 6.07) is 8.72. The molecule has 0 saturated carbocycles. The van der Waals surface area contributed by atoms with Crippen molar-refractivity contribution in [2.24, 2.45) is 0 Å². The van der Waals surface area contributed by atoms with Crippen LogP contribution in [0.15, 0.2) is 42.6 Å². The van der Waals surface area contributed by atoms with Gasteiger partial charge in [0.05, 0.1) is 11.2 Å². The van der Waals surface area contributed by atoms with E-state index in [-0.39, 0.29) is 0 Å². The first-order valence-corrected chi connectivity index (χ1v) is 6.24. The van der Waals surface area contributed by atoms with E-state index in [9.17, 15) is 4.79 Å². The topological polar surface area (TPSA) is 59.4 Å². The quantitative estimate of drug-likeness (QED) is 0.866. The number of para-hydroxylation sites is 1. The Morgan fingerprint density at radius 2 is 2.15 bits per heavy atom. The molecule has 0 bridgehead atoms. The molecule has 1 heterocycles. The molecule has 0 radical (unpaired) electrons. The van der Waals surface area contributed by atoms with Crippen molar-refractivity contribution in [3.05, 3.63) is 58.9 Å². The highest BCUT2D eigenvalue weighted by atomic mass is 35.5. The smallest absolute Gasteiger partial charge is 0.328 e. The number of hydrogen-bond acceptors (Lipinski definition) is 3. The summed E-state index contributed by atoms with van der Waals surface area (Å²) < 4.78 is 5.69. The molecule has 20 heavy (non-hydrogen) atoms. The summed E-state index contributed by atoms with van der Waals surface area (Å²) in [6.07, 6.45) is 4.06. The van der Waals surface area contributed by atoms with Crippen LogP contribution in [0.2, 0.25) is 5.02 Å². The maximum absolute atomic E-state index is 10.6. The molecule has 2 rings (SSSR count). The third kappa shape index (κ3) is 3.59. The van der Waals surface area contributed by atoms with Crippen molar-refractivity contribution in [3.8, 4) is 11.5 Å². The molecule has 5 heteroatoms. The van der Waals surface area contributed by atoms with Crippen LogP contribution in [0.5, 0.6) is 11.5 Å². The minimum atomic E-state index is -1.03. The average molecular weight is 290 g/mol. The normalized spacial score (nSPS) is 10.7. The van der Waals surface area contributed by atoms with Crippen molar-refractivity contribution in [2.75, 3.05) is 0 Å². The van der Waals surface area contributed by atoms with Crippen LogP contribution in [0, 0.1) is 6.92 Å². The molecule has 0 atom stereocenters. The monoisotopic (exact) mass is 289 g/mol. The van der Waals surface area contributed by atoms with E-state index in [1.165, 1.54) is 6.08 Å². The number of hydrogen-bond donors (Lipinski definition) is 1. The van der Waals surface area contributed by atoms with Crippen LogP contribution in [0.4, 0.5) is 0 Å². The Balaban J connectivity index is 2.34. The Bertz CT molecular complexity index is 651. The second-order valence-electron chi connectivity index (χ2n) is 4.07. The summed E-state index contributed by atoms with van der Waals surface area (Å²) >= 11 is 6.10. The Morgan fingerprint density at radius 3 is 2.80 bits per heavy atom. The number of aliphatic carboxylic acids is 1. The third-order valence-corrected chi connectivity index (χ3v) is 2.80. The van der Waals surface area contributed by atoms with E-state index in [2.05, 4.69) is 4.98 Å². The average Bonchev–Trinajstić information content (AvgIpc) is 2.41. The zero-order valence-electron chi connectivity index (χ0n) is 10.7. The van der Waals surface area contributed by atoms with E-state index < -0.39 is 5.97 Å². The number of carboxylic acid groups (broad SMARTS) is 1. The molecular formula is C15H12ClNO3. The summed E-state index contributed by atoms with van der Waals surface area (Å²) in [6.45, 7) is 1.88. The van der Waals surface area contributed by atoms with Crippen LogP contribution in [-0.4, -0.2) is 16.1 Å². The van der Waals surface area contributed by atoms with Crippen LogP contribution in [0.25, 0.3) is 6.08 Å². The minimum Gasteiger partial charge on any atom is -0.478 e. The first kappa shape index (κ1) is 14.1. The Hall–Kier alpha value is -2.33. The summed E-state index contributed by atoms with van der Waals surface area (Å²) in [7, 11) is 0. The van der Waals surface area contributed by atoms with Gasteiger partial charge in [-0.2, -0.15) is 0 Å². The van der Waals surface area contributed by atoms with Gasteiger partial charge in [0, 0.05) is 17.3 Å². The summed E-state index contributed by atoms with van der Waals surface area (Å²) in [5, 5.41) is 9.09. The lowest BCUT2D eigenvalue weighted by Gasteiger charge is -2.10. The zero-order valence-corrected chi connectivity index (χ0v) is 11.5. The zero-order chi connectivity index (χ0) is 14.5. The van der Waals surface area contributed by atoms with Crippen LogP contribution in [0.3, 0.4) is 0 Å². The Morgan fingerprint density at radius 1 is 1.35 bits per heavy atom. The van der Waals surface area contributed by atoms with Crippen LogP contribution >= 0.6 is 11.6 Å². The molecule has 1 aromatic heterocycles. The van der Waals surface area contributed by atoms with E-state index in [1.54, 1.807) is 30.5 Å². The largest absolute Gasteiger partial charge is 0.478 e. The van der Waals surface area contributed by atoms with Gasteiger partial charge in [-0.25, -0.2) is 4.79 Å². The molecule has 0 spiro atoms. The fourth-order valence-electron chi connectivity index (χ4n) is 1.56. The lowest BCUT2D eigenvalue weighted by molar-refractivity contribution is -0.131. The van der Waals surface area contributed by atoms with Crippen molar-refractivity contribution >= 4 is 23.6 Å². The van der Waals surface area contributed by atoms with Crippen molar-refractivity contribution in [3.63, 3.8) is 0 Å². The molecule has 1 aromatic carbocycles. The molecule has 102 valence electrons. The minimum absolute atomic E-state index is 0.400. The van der Waals surface area contributed by atoms with Crippen LogP contribution < -0.4 is 4.74 Å². The second kappa shape index (κ2) is 6.21. The molecular weight excluding hydrogens is 278 g/mol. The predicted molar refractivity (Wildman–Crippen MR) is 77.2 cm³/mol. The third-order valence-electron chi connectivity index (χ3n) is 2.51. The lowest BCUT2D eigenvalue weighted by Crippen LogP contribution is -1.91. The fourth-order valence-corrected chi connectivity index (χ4v) is 1.78. The molecule has 4 nitrogen and oxygen atoms in total. The van der Waals surface area contributed by atoms with Gasteiger partial charge in [0.15, 0.2) is 5.75 Å². The highest BCUT2D eigenvalue weighted by molar-refractivity contribution is 6.32. The summed E-state index contributed by atoms with van der Waals surface area (Å²) in [5.74, 6) is -0.0982. The molecule has 0 amide bonds. The van der Waals surface area contributed by atoms with Gasteiger partial charge in [-0.1, -0.05) is 23.7 Å². The number of aromatic nitrogens is 1. The van der Waals surface area contributed by atoms with E-state index in [0.717, 1.165) is 11.8 Å². The van der Waals surface area contributed by atoms with E-state index in [4.69, 9.17) is 21.4 Å². The number of pyridine rings is 1. The van der Waals surface area contributed by atoms with E-state index in [1.807, 2.05) is 13.0 Å². The van der Waals surface area contributed by atoms with Gasteiger partial charge >= 0.3 is 5.97 Å². The maximum atomic E-state index is 10.6. The molecule has 0 aliphatic heterocycles. The number of benzene rings is 1. The van der Waals surface area contributed by atoms with Gasteiger partial charge in [-0.15, -0.1) is 0 Å². The molecule has 0 aliphatic rings. The van der Waals surface area contributed by atoms with Crippen LogP contribution in [-0.2, 0) is 4.79 Å². The van der Waals surface area contributed by atoms with Gasteiger partial charge in [-0.05, 0) is 31.2 Å². The summed E-state index contributed by atoms with van der Waals surface area (Å²) in [4.78, 5) is 14.7. The van der Waals surface area contributed by atoms with Crippen molar-refractivity contribution < 1.29 is 14.6 Å². The first-order chi connectivity index (χ1) is 9.56. The fraction of sp³-hybridized carbons (Fsp3) is 0.0667. The lowest BCUT2D eigenvalue weighted by atomic mass is 10.2. The van der Waals surface area contributed by atoms with Crippen molar-refractivity contribution in [1.82, 2.24) is 4.98 Å². The van der Waals surface area contributed by atoms with E-state index >= 15 is 0 Å². The number of nitrogens with zero attached hydrogens (tertiary/aromatic N) is 1. The molecule has 0 unspecified atom stereocenters. The molecule has 0 saturated heterocycles. The van der Waals surface area contributed by atoms with Gasteiger partial charge in [0.1, 0.15) is 5.75 Å². The number of carbonyl (C=O) groups is 1. The van der Waals surface area contributed by atoms with Gasteiger partial charge in [0.25, 0.3) is 0 Å². The molecule has 1 N–H and O–H groups in total. The molecule has 0 fully saturated rings. The van der Waals surface area contributed by atoms with Gasteiger partial charge in [0.2, 0.25) is 0 Å². The predicted octanol–water partition coefficient (Wildman–Crippen LogP) is 3.93. The number of ether oxygens (including phenoxy) is 1. The van der Waals surface area contributed by atoms with E-state index in [0.29, 0.717) is 22.1 Å². The number of carboxylic acids is 1. The first-order valence-electron chi connectivity index (χ1n) is 5.86. The van der Waals surface area contributed by atoms with Gasteiger partial charge in [-0.3, -0.25) is 4.98 Å². The Labute approximate surface area is 121 Å². The Kier molecular flexibility index (Phi) is 4.38. The van der Waals surface area contributed by atoms with Crippen molar-refractivity contribution in [2.45, 2.75) is 6.92 Å². The highest BCUT2D eigenvalue weighted by Gasteiger charge is 2.08. The molecule has 0 aliphatic carbocycles. The molecule has 2 aromatic rings. The number of rotatable bonds is 4. The highest BCUT2D eigenvalue weighted by Crippen LogP contribution is 2.33. The van der Waals surface area contributed by atoms with Gasteiger partial charge < -0.3 is 9.84 Å². The van der Waals surface area contributed by atoms with Crippen LogP contribution in [0.1, 0.15) is 11.3 Å². The standard InChI is InChI=1S/C15H12ClNO3/c1-10-5-7-12(9-17-10)20-15-11(6-8-14(18)19)3-2-4-13(15)16/h2-9H,1H3,(H,18,19)/b8-6+. The maximum Gasteiger partial charge on any atom is 0.328 e. The summed E-state index contributed by atoms with van der Waals surface area (Å²) in [5.41, 5.74) is 1.46. The number of aryl methyl sites for hydroxylation is 1.